The van der Waals surface area contributed by atoms with Gasteiger partial charge in [0, 0.05) is 0 Å². The highest BCUT2D eigenvalue weighted by molar-refractivity contribution is 6.84. The summed E-state index contributed by atoms with van der Waals surface area (Å²) in [4.78, 5) is 0. The Hall–Kier alpha value is -0.430. The largest absolute Gasteiger partial charge is 0.375 e. The zero-order chi connectivity index (χ0) is 10.5. The van der Waals surface area contributed by atoms with Crippen LogP contribution in [0.15, 0.2) is 23.7 Å². The lowest BCUT2D eigenvalue weighted by Crippen LogP contribution is -2.52. The molecule has 1 aliphatic carbocycles. The maximum atomic E-state index is 2.63. The SMILES string of the molecule is CB1C2=CC=CC2B(C)N1C(C)(C)C. The van der Waals surface area contributed by atoms with E-state index in [4.69, 9.17) is 0 Å². The molecule has 0 aromatic carbocycles. The molecule has 0 saturated carbocycles. The molecule has 0 aromatic heterocycles. The lowest BCUT2D eigenvalue weighted by Gasteiger charge is -2.38. The minimum atomic E-state index is 0.276. The zero-order valence-corrected chi connectivity index (χ0v) is 9.91. The molecule has 14 heavy (non-hydrogen) atoms. The lowest BCUT2D eigenvalue weighted by atomic mass is 9.53. The van der Waals surface area contributed by atoms with Crippen LogP contribution in [0, 0.1) is 0 Å². The third-order valence-electron chi connectivity index (χ3n) is 3.62. The van der Waals surface area contributed by atoms with Crippen molar-refractivity contribution in [3.8, 4) is 0 Å². The van der Waals surface area contributed by atoms with Crippen LogP contribution in [0.2, 0.25) is 19.5 Å². The Morgan fingerprint density at radius 2 is 1.93 bits per heavy atom. The summed E-state index contributed by atoms with van der Waals surface area (Å²) in [5.41, 5.74) is 1.88. The third-order valence-corrected chi connectivity index (χ3v) is 3.62. The molecule has 1 heterocycles. The Balaban J connectivity index is 2.32. The van der Waals surface area contributed by atoms with E-state index < -0.39 is 0 Å². The second-order valence-electron chi connectivity index (χ2n) is 5.57. The Morgan fingerprint density at radius 1 is 1.29 bits per heavy atom. The number of nitrogens with zero attached hydrogens (tertiary/aromatic N) is 1. The van der Waals surface area contributed by atoms with Gasteiger partial charge in [0.15, 0.2) is 0 Å². The Kier molecular flexibility index (Phi) is 2.19. The van der Waals surface area contributed by atoms with Gasteiger partial charge >= 0.3 is 0 Å². The minimum absolute atomic E-state index is 0.276. The van der Waals surface area contributed by atoms with Gasteiger partial charge in [-0.2, -0.15) is 0 Å². The highest BCUT2D eigenvalue weighted by Gasteiger charge is 2.48. The average molecular weight is 187 g/mol. The van der Waals surface area contributed by atoms with Crippen LogP contribution < -0.4 is 0 Å². The van der Waals surface area contributed by atoms with E-state index in [2.05, 4.69) is 57.4 Å². The van der Waals surface area contributed by atoms with Gasteiger partial charge in [-0.15, -0.1) is 0 Å². The lowest BCUT2D eigenvalue weighted by molar-refractivity contribution is 0.369. The van der Waals surface area contributed by atoms with Crippen molar-refractivity contribution < 1.29 is 0 Å². The molecule has 0 N–H and O–H groups in total. The summed E-state index contributed by atoms with van der Waals surface area (Å²) in [6, 6.07) is 0. The first-order chi connectivity index (χ1) is 6.43. The smallest absolute Gasteiger partial charge is 0.239 e. The van der Waals surface area contributed by atoms with Crippen LogP contribution in [0.3, 0.4) is 0 Å². The van der Waals surface area contributed by atoms with Gasteiger partial charge in [-0.25, -0.2) is 0 Å². The first kappa shape index (κ1) is 10.1. The number of fused-ring (bicyclic) bond motifs is 1. The molecule has 1 unspecified atom stereocenters. The van der Waals surface area contributed by atoms with Gasteiger partial charge < -0.3 is 4.72 Å². The van der Waals surface area contributed by atoms with Gasteiger partial charge in [0.2, 0.25) is 13.7 Å². The predicted molar refractivity (Wildman–Crippen MR) is 65.8 cm³/mol. The standard InChI is InChI=1S/C11H19B2N/c1-11(2,3)14-12(4)9-7-6-8-10(9)13(14)5/h6-9H,1-5H3. The van der Waals surface area contributed by atoms with Crippen LogP contribution in [0.1, 0.15) is 20.8 Å². The Morgan fingerprint density at radius 3 is 2.43 bits per heavy atom. The molecule has 0 amide bonds. The van der Waals surface area contributed by atoms with Gasteiger partial charge in [-0.1, -0.05) is 37.3 Å². The quantitative estimate of drug-likeness (QED) is 0.527. The molecular weight excluding hydrogens is 168 g/mol. The number of allylic oxidation sites excluding steroid dienone is 4. The van der Waals surface area contributed by atoms with Crippen LogP contribution in [0.4, 0.5) is 0 Å². The molecule has 1 aliphatic heterocycles. The second kappa shape index (κ2) is 3.03. The van der Waals surface area contributed by atoms with E-state index >= 15 is 0 Å². The maximum Gasteiger partial charge on any atom is 0.239 e. The van der Waals surface area contributed by atoms with E-state index in [1.807, 2.05) is 0 Å². The van der Waals surface area contributed by atoms with Crippen molar-refractivity contribution in [3.05, 3.63) is 23.7 Å². The fourth-order valence-corrected chi connectivity index (χ4v) is 3.24. The van der Waals surface area contributed by atoms with E-state index in [-0.39, 0.29) is 5.54 Å². The molecule has 0 spiro atoms. The van der Waals surface area contributed by atoms with Crippen molar-refractivity contribution in [2.24, 2.45) is 0 Å². The van der Waals surface area contributed by atoms with Crippen LogP contribution in [0.5, 0.6) is 0 Å². The number of rotatable bonds is 0. The van der Waals surface area contributed by atoms with Crippen molar-refractivity contribution in [1.82, 2.24) is 4.72 Å². The molecule has 74 valence electrons. The summed E-state index contributed by atoms with van der Waals surface area (Å²) < 4.78 is 2.63. The number of hydrogen-bond donors (Lipinski definition) is 0. The first-order valence-corrected chi connectivity index (χ1v) is 5.59. The zero-order valence-electron chi connectivity index (χ0n) is 9.91. The van der Waals surface area contributed by atoms with Gasteiger partial charge in [-0.05, 0) is 32.1 Å². The van der Waals surface area contributed by atoms with Crippen molar-refractivity contribution >= 4 is 13.7 Å². The van der Waals surface area contributed by atoms with Crippen LogP contribution in [-0.4, -0.2) is 24.0 Å². The van der Waals surface area contributed by atoms with Crippen LogP contribution in [-0.2, 0) is 0 Å². The Bertz CT molecular complexity index is 301. The summed E-state index contributed by atoms with van der Waals surface area (Å²) in [6.07, 6.45) is 6.87. The average Bonchev–Trinajstić information content (AvgIpc) is 2.54. The highest BCUT2D eigenvalue weighted by Crippen LogP contribution is 2.42. The van der Waals surface area contributed by atoms with E-state index in [0.29, 0.717) is 19.5 Å². The fourth-order valence-electron chi connectivity index (χ4n) is 3.24. The van der Waals surface area contributed by atoms with E-state index in [1.165, 1.54) is 0 Å². The molecule has 2 rings (SSSR count). The maximum absolute atomic E-state index is 2.63. The summed E-state index contributed by atoms with van der Waals surface area (Å²) in [5, 5.41) is 0. The van der Waals surface area contributed by atoms with E-state index in [9.17, 15) is 0 Å². The first-order valence-electron chi connectivity index (χ1n) is 5.59. The van der Waals surface area contributed by atoms with Gasteiger partial charge in [0.05, 0.1) is 0 Å². The summed E-state index contributed by atoms with van der Waals surface area (Å²) in [5.74, 6) is 0.671. The van der Waals surface area contributed by atoms with Gasteiger partial charge in [-0.3, -0.25) is 0 Å². The molecule has 1 saturated heterocycles. The highest BCUT2D eigenvalue weighted by atomic mass is 15.1. The fraction of sp³-hybridized carbons (Fsp3) is 0.636. The van der Waals surface area contributed by atoms with Gasteiger partial charge in [0.25, 0.3) is 0 Å². The van der Waals surface area contributed by atoms with E-state index in [0.717, 1.165) is 0 Å². The molecule has 1 atom stereocenters. The van der Waals surface area contributed by atoms with E-state index in [1.54, 1.807) is 5.47 Å². The molecular formula is C11H19B2N. The van der Waals surface area contributed by atoms with Crippen molar-refractivity contribution in [1.29, 1.82) is 0 Å². The number of hydrogen-bond acceptors (Lipinski definition) is 1. The topological polar surface area (TPSA) is 3.24 Å². The monoisotopic (exact) mass is 187 g/mol. The van der Waals surface area contributed by atoms with Crippen molar-refractivity contribution in [3.63, 3.8) is 0 Å². The Labute approximate surface area is 88.4 Å². The van der Waals surface area contributed by atoms with Crippen LogP contribution in [0.25, 0.3) is 0 Å². The molecule has 0 bridgehead atoms. The minimum Gasteiger partial charge on any atom is -0.375 e. The van der Waals surface area contributed by atoms with Crippen molar-refractivity contribution in [2.75, 3.05) is 0 Å². The predicted octanol–water partition coefficient (Wildman–Crippen LogP) is 2.75. The van der Waals surface area contributed by atoms with Crippen LogP contribution >= 0.6 is 0 Å². The summed E-state index contributed by atoms with van der Waals surface area (Å²) in [7, 11) is 0. The molecule has 0 radical (unpaired) electrons. The second-order valence-corrected chi connectivity index (χ2v) is 5.57. The summed E-state index contributed by atoms with van der Waals surface area (Å²) >= 11 is 0. The molecule has 1 nitrogen and oxygen atoms in total. The van der Waals surface area contributed by atoms with Gasteiger partial charge in [0.1, 0.15) is 0 Å². The third kappa shape index (κ3) is 1.30. The molecule has 3 heteroatoms. The molecule has 2 aliphatic rings. The normalized spacial score (nSPS) is 27.2. The molecule has 1 fully saturated rings. The van der Waals surface area contributed by atoms with Crippen molar-refractivity contribution in [2.45, 2.75) is 45.8 Å². The summed E-state index contributed by atoms with van der Waals surface area (Å²) in [6.45, 7) is 12.9. The molecule has 0 aromatic rings.